The third-order valence-corrected chi connectivity index (χ3v) is 7.66. The highest BCUT2D eigenvalue weighted by Crippen LogP contribution is 2.19. The molecule has 0 spiro atoms. The van der Waals surface area contributed by atoms with Gasteiger partial charge in [-0.05, 0) is 56.8 Å². The smallest absolute Gasteiger partial charge is 0.269 e. The van der Waals surface area contributed by atoms with Crippen LogP contribution in [0.5, 0.6) is 5.75 Å². The summed E-state index contributed by atoms with van der Waals surface area (Å²) in [5, 5.41) is 31.7. The van der Waals surface area contributed by atoms with Gasteiger partial charge in [-0.1, -0.05) is 38.3 Å². The second kappa shape index (κ2) is 19.3. The summed E-state index contributed by atoms with van der Waals surface area (Å²) in [6, 6.07) is 7.96. The topological polar surface area (TPSA) is 199 Å². The molecule has 7 N–H and O–H groups in total. The quantitative estimate of drug-likeness (QED) is 0.0805. The molecule has 13 heteroatoms. The fraction of sp³-hybridized carbons (Fsp3) is 0.625. The summed E-state index contributed by atoms with van der Waals surface area (Å²) in [4.78, 5) is 25.9. The lowest BCUT2D eigenvalue weighted by Gasteiger charge is -2.37. The van der Waals surface area contributed by atoms with Crippen LogP contribution in [0.3, 0.4) is 0 Å². The lowest BCUT2D eigenvalue weighted by Crippen LogP contribution is -2.55. The first-order valence-electron chi connectivity index (χ1n) is 15.9. The van der Waals surface area contributed by atoms with Crippen molar-refractivity contribution >= 4 is 11.7 Å². The number of ether oxygens (including phenoxy) is 3. The lowest BCUT2D eigenvalue weighted by atomic mass is 10.0. The predicted molar refractivity (Wildman–Crippen MR) is 170 cm³/mol. The Balaban J connectivity index is 1.42. The molecule has 1 amide bonds. The van der Waals surface area contributed by atoms with Gasteiger partial charge in [0.1, 0.15) is 42.2 Å². The first-order valence-corrected chi connectivity index (χ1v) is 15.9. The Kier molecular flexibility index (Phi) is 15.6. The minimum Gasteiger partial charge on any atom is -0.492 e. The van der Waals surface area contributed by atoms with Gasteiger partial charge in [0.05, 0.1) is 12.7 Å². The van der Waals surface area contributed by atoms with E-state index in [9.17, 15) is 20.1 Å². The van der Waals surface area contributed by atoms with Gasteiger partial charge < -0.3 is 41.0 Å². The molecule has 1 aromatic carbocycles. The standard InChI is InChI=1S/C32H50N6O7/c1-3-4-5-8-17-38(20-25(39)29(41)30-26(40)21-44-22(2)45-30)18-19-43-24-12-10-23(11-13-24)9-6-7-14-37-31(33)27-28(32(34)42)36-16-15-35-27/h10-13,15-16,22,25-26,29-30,39-41H,3-9,14,17-21H2,1-2H3,(H2,33,37)(H2,34,42)/t22?,25-,26+,29+,30+/m0/s1. The Morgan fingerprint density at radius 1 is 1.07 bits per heavy atom. The van der Waals surface area contributed by atoms with E-state index >= 15 is 0 Å². The van der Waals surface area contributed by atoms with Gasteiger partial charge >= 0.3 is 0 Å². The third-order valence-electron chi connectivity index (χ3n) is 7.66. The molecule has 1 aromatic heterocycles. The maximum absolute atomic E-state index is 11.5. The van der Waals surface area contributed by atoms with Crippen molar-refractivity contribution in [1.82, 2.24) is 14.9 Å². The number of nitrogens with two attached hydrogens (primary N) is 2. The Labute approximate surface area is 265 Å². The van der Waals surface area contributed by atoms with Crippen molar-refractivity contribution in [1.29, 1.82) is 0 Å². The number of hydrogen-bond acceptors (Lipinski definition) is 11. The Hall–Kier alpha value is -3.20. The zero-order valence-corrected chi connectivity index (χ0v) is 26.5. The maximum Gasteiger partial charge on any atom is 0.269 e. The number of amidine groups is 1. The summed E-state index contributed by atoms with van der Waals surface area (Å²) < 4.78 is 16.8. The minimum atomic E-state index is -1.24. The number of aryl methyl sites for hydroxylation is 1. The zero-order chi connectivity index (χ0) is 32.6. The fourth-order valence-electron chi connectivity index (χ4n) is 5.10. The average molecular weight is 631 g/mol. The number of amides is 1. The second-order valence-electron chi connectivity index (χ2n) is 11.3. The first kappa shape index (κ1) is 36.3. The number of aliphatic imine (C=N–C) groups is 1. The molecule has 0 radical (unpaired) electrons. The van der Waals surface area contributed by atoms with Crippen molar-refractivity contribution in [3.05, 3.63) is 53.6 Å². The predicted octanol–water partition coefficient (Wildman–Crippen LogP) is 1.41. The molecule has 2 aromatic rings. The maximum atomic E-state index is 11.5. The Bertz CT molecular complexity index is 1180. The molecule has 5 atom stereocenters. The van der Waals surface area contributed by atoms with E-state index in [1.165, 1.54) is 18.0 Å². The van der Waals surface area contributed by atoms with E-state index in [-0.39, 0.29) is 30.4 Å². The number of rotatable bonds is 20. The molecule has 1 fully saturated rings. The number of nitrogens with zero attached hydrogens (tertiary/aromatic N) is 4. The molecule has 1 aliphatic heterocycles. The van der Waals surface area contributed by atoms with E-state index in [1.807, 2.05) is 24.3 Å². The van der Waals surface area contributed by atoms with Crippen LogP contribution in [-0.4, -0.2) is 112 Å². The minimum absolute atomic E-state index is 0.00763. The number of aliphatic hydroxyl groups excluding tert-OH is 3. The molecule has 2 heterocycles. The van der Waals surface area contributed by atoms with Crippen LogP contribution in [0, 0.1) is 0 Å². The number of hydrogen-bond donors (Lipinski definition) is 5. The lowest BCUT2D eigenvalue weighted by molar-refractivity contribution is -0.272. The molecule has 45 heavy (non-hydrogen) atoms. The fourth-order valence-corrected chi connectivity index (χ4v) is 5.10. The number of aromatic nitrogens is 2. The highest BCUT2D eigenvalue weighted by Gasteiger charge is 2.38. The molecule has 1 unspecified atom stereocenters. The van der Waals surface area contributed by atoms with Crippen molar-refractivity contribution in [2.75, 3.05) is 39.4 Å². The van der Waals surface area contributed by atoms with Gasteiger partial charge in [-0.15, -0.1) is 0 Å². The number of unbranched alkanes of at least 4 members (excludes halogenated alkanes) is 4. The molecule has 0 saturated carbocycles. The molecule has 250 valence electrons. The van der Waals surface area contributed by atoms with Crippen molar-refractivity contribution in [3.8, 4) is 5.75 Å². The van der Waals surface area contributed by atoms with Gasteiger partial charge in [0.25, 0.3) is 5.91 Å². The van der Waals surface area contributed by atoms with Gasteiger partial charge in [0.15, 0.2) is 12.0 Å². The Morgan fingerprint density at radius 2 is 1.80 bits per heavy atom. The van der Waals surface area contributed by atoms with E-state index in [2.05, 4.69) is 26.8 Å². The van der Waals surface area contributed by atoms with Crippen molar-refractivity contribution in [2.24, 2.45) is 16.5 Å². The van der Waals surface area contributed by atoms with Crippen LogP contribution in [0.1, 0.15) is 74.1 Å². The van der Waals surface area contributed by atoms with E-state index in [1.54, 1.807) is 6.92 Å². The van der Waals surface area contributed by atoms with Crippen molar-refractivity contribution in [3.63, 3.8) is 0 Å². The van der Waals surface area contributed by atoms with E-state index in [0.717, 1.165) is 57.2 Å². The summed E-state index contributed by atoms with van der Waals surface area (Å²) >= 11 is 0. The molecule has 1 saturated heterocycles. The van der Waals surface area contributed by atoms with Crippen LogP contribution in [0.4, 0.5) is 0 Å². The summed E-state index contributed by atoms with van der Waals surface area (Å²) in [6.45, 7) is 6.40. The van der Waals surface area contributed by atoms with Gasteiger partial charge in [-0.25, -0.2) is 9.97 Å². The summed E-state index contributed by atoms with van der Waals surface area (Å²) in [5.41, 5.74) is 12.7. The molecule has 1 aliphatic rings. The van der Waals surface area contributed by atoms with Crippen molar-refractivity contribution in [2.45, 2.75) is 89.5 Å². The number of carbonyl (C=O) groups is 1. The highest BCUT2D eigenvalue weighted by atomic mass is 16.7. The third kappa shape index (κ3) is 12.3. The summed E-state index contributed by atoms with van der Waals surface area (Å²) in [6.07, 6.45) is 4.92. The molecular weight excluding hydrogens is 580 g/mol. The van der Waals surface area contributed by atoms with E-state index < -0.39 is 36.6 Å². The largest absolute Gasteiger partial charge is 0.492 e. The van der Waals surface area contributed by atoms with Crippen LogP contribution in [-0.2, 0) is 15.9 Å². The second-order valence-corrected chi connectivity index (χ2v) is 11.3. The normalized spacial score (nSPS) is 20.2. The summed E-state index contributed by atoms with van der Waals surface area (Å²) in [5.74, 6) is 0.199. The molecular formula is C32H50N6O7. The van der Waals surface area contributed by atoms with Crippen LogP contribution < -0.4 is 16.2 Å². The number of benzene rings is 1. The molecule has 0 bridgehead atoms. The van der Waals surface area contributed by atoms with Gasteiger partial charge in [-0.2, -0.15) is 0 Å². The van der Waals surface area contributed by atoms with Crippen LogP contribution in [0.15, 0.2) is 41.7 Å². The first-order chi connectivity index (χ1) is 21.7. The SMILES string of the molecule is CCCCCCN(CCOc1ccc(CCCCN=C(N)c2nccnc2C(N)=O)cc1)C[C@H](O)[C@@H](O)[C@@H]1OC(C)OC[C@H]1O. The van der Waals surface area contributed by atoms with Crippen LogP contribution in [0.25, 0.3) is 0 Å². The van der Waals surface area contributed by atoms with E-state index in [4.69, 9.17) is 25.7 Å². The van der Waals surface area contributed by atoms with Gasteiger partial charge in [0.2, 0.25) is 0 Å². The molecule has 3 rings (SSSR count). The molecule has 13 nitrogen and oxygen atoms in total. The average Bonchev–Trinajstić information content (AvgIpc) is 3.04. The van der Waals surface area contributed by atoms with Gasteiger partial charge in [0, 0.05) is 32.0 Å². The number of aliphatic hydroxyl groups is 3. The van der Waals surface area contributed by atoms with Crippen molar-refractivity contribution < 1.29 is 34.3 Å². The Morgan fingerprint density at radius 3 is 2.51 bits per heavy atom. The van der Waals surface area contributed by atoms with Crippen LogP contribution >= 0.6 is 0 Å². The van der Waals surface area contributed by atoms with E-state index in [0.29, 0.717) is 19.7 Å². The molecule has 0 aliphatic carbocycles. The monoisotopic (exact) mass is 630 g/mol. The zero-order valence-electron chi connectivity index (χ0n) is 26.5. The van der Waals surface area contributed by atoms with Gasteiger partial charge in [-0.3, -0.25) is 14.7 Å². The number of primary amides is 1. The number of carbonyl (C=O) groups excluding carboxylic acids is 1. The highest BCUT2D eigenvalue weighted by molar-refractivity contribution is 6.05. The summed E-state index contributed by atoms with van der Waals surface area (Å²) in [7, 11) is 0. The van der Waals surface area contributed by atoms with Crippen LogP contribution in [0.2, 0.25) is 0 Å².